The van der Waals surface area contributed by atoms with E-state index in [4.69, 9.17) is 14.6 Å². The SMILES string of the molecule is C1COCCO1.OCc1ccccc1. The lowest BCUT2D eigenvalue weighted by molar-refractivity contribution is -0.0334. The molecular formula is C11H16O3. The van der Waals surface area contributed by atoms with E-state index in [1.807, 2.05) is 30.3 Å². The van der Waals surface area contributed by atoms with Gasteiger partial charge in [-0.1, -0.05) is 30.3 Å². The smallest absolute Gasteiger partial charge is 0.0701 e. The third-order valence-electron chi connectivity index (χ3n) is 1.77. The van der Waals surface area contributed by atoms with Gasteiger partial charge in [-0.2, -0.15) is 0 Å². The molecule has 1 heterocycles. The molecule has 1 saturated heterocycles. The highest BCUT2D eigenvalue weighted by Gasteiger charge is 1.94. The number of ether oxygens (including phenoxy) is 2. The van der Waals surface area contributed by atoms with Gasteiger partial charge in [0, 0.05) is 0 Å². The van der Waals surface area contributed by atoms with Gasteiger partial charge in [0.15, 0.2) is 0 Å². The van der Waals surface area contributed by atoms with Gasteiger partial charge in [0.05, 0.1) is 33.0 Å². The van der Waals surface area contributed by atoms with E-state index in [1.165, 1.54) is 0 Å². The van der Waals surface area contributed by atoms with Crippen molar-refractivity contribution >= 4 is 0 Å². The minimum absolute atomic E-state index is 0.140. The van der Waals surface area contributed by atoms with Crippen molar-refractivity contribution in [2.75, 3.05) is 26.4 Å². The summed E-state index contributed by atoms with van der Waals surface area (Å²) in [4.78, 5) is 0. The van der Waals surface area contributed by atoms with Crippen LogP contribution in [0.5, 0.6) is 0 Å². The van der Waals surface area contributed by atoms with Crippen LogP contribution < -0.4 is 0 Å². The fourth-order valence-corrected chi connectivity index (χ4v) is 1.02. The molecule has 0 amide bonds. The molecule has 0 atom stereocenters. The average molecular weight is 196 g/mol. The molecule has 1 fully saturated rings. The summed E-state index contributed by atoms with van der Waals surface area (Å²) in [5.74, 6) is 0. The zero-order valence-electron chi connectivity index (χ0n) is 8.19. The second-order valence-corrected chi connectivity index (χ2v) is 2.87. The van der Waals surface area contributed by atoms with Crippen LogP contribution in [0.2, 0.25) is 0 Å². The topological polar surface area (TPSA) is 38.7 Å². The van der Waals surface area contributed by atoms with Crippen molar-refractivity contribution in [3.63, 3.8) is 0 Å². The second kappa shape index (κ2) is 7.50. The highest BCUT2D eigenvalue weighted by Crippen LogP contribution is 1.95. The number of hydrogen-bond donors (Lipinski definition) is 1. The molecule has 0 spiro atoms. The van der Waals surface area contributed by atoms with E-state index in [1.54, 1.807) is 0 Å². The Morgan fingerprint density at radius 1 is 0.929 bits per heavy atom. The number of rotatable bonds is 1. The van der Waals surface area contributed by atoms with Crippen LogP contribution in [0.3, 0.4) is 0 Å². The summed E-state index contributed by atoms with van der Waals surface area (Å²) in [6.07, 6.45) is 0. The van der Waals surface area contributed by atoms with Gasteiger partial charge < -0.3 is 14.6 Å². The molecule has 0 bridgehead atoms. The van der Waals surface area contributed by atoms with Gasteiger partial charge in [-0.3, -0.25) is 0 Å². The normalized spacial score (nSPS) is 15.5. The van der Waals surface area contributed by atoms with Crippen LogP contribution in [0.15, 0.2) is 30.3 Å². The standard InChI is InChI=1S/C7H8O.C4H8O2/c8-6-7-4-2-1-3-5-7;1-2-6-4-3-5-1/h1-5,8H,6H2;1-4H2. The molecule has 1 N–H and O–H groups in total. The maximum Gasteiger partial charge on any atom is 0.0701 e. The highest BCUT2D eigenvalue weighted by atomic mass is 16.6. The van der Waals surface area contributed by atoms with Crippen LogP contribution >= 0.6 is 0 Å². The largest absolute Gasteiger partial charge is 0.392 e. The molecule has 1 aromatic rings. The van der Waals surface area contributed by atoms with Crippen LogP contribution in [0.25, 0.3) is 0 Å². The van der Waals surface area contributed by atoms with E-state index in [9.17, 15) is 0 Å². The fourth-order valence-electron chi connectivity index (χ4n) is 1.02. The van der Waals surface area contributed by atoms with Crippen molar-refractivity contribution in [2.24, 2.45) is 0 Å². The van der Waals surface area contributed by atoms with E-state index in [0.717, 1.165) is 32.0 Å². The Morgan fingerprint density at radius 2 is 1.43 bits per heavy atom. The van der Waals surface area contributed by atoms with E-state index < -0.39 is 0 Å². The number of benzene rings is 1. The second-order valence-electron chi connectivity index (χ2n) is 2.87. The Balaban J connectivity index is 0.000000146. The van der Waals surface area contributed by atoms with Gasteiger partial charge >= 0.3 is 0 Å². The maximum absolute atomic E-state index is 8.54. The van der Waals surface area contributed by atoms with Gasteiger partial charge in [-0.15, -0.1) is 0 Å². The quantitative estimate of drug-likeness (QED) is 0.733. The third kappa shape index (κ3) is 4.97. The Bertz CT molecular complexity index is 208. The zero-order chi connectivity index (χ0) is 10.1. The Morgan fingerprint density at radius 3 is 1.71 bits per heavy atom. The van der Waals surface area contributed by atoms with Gasteiger partial charge in [0.1, 0.15) is 0 Å². The van der Waals surface area contributed by atoms with E-state index in [-0.39, 0.29) is 6.61 Å². The van der Waals surface area contributed by atoms with Crippen molar-refractivity contribution in [1.29, 1.82) is 0 Å². The predicted molar refractivity (Wildman–Crippen MR) is 54.0 cm³/mol. The Labute approximate surface area is 84.3 Å². The summed E-state index contributed by atoms with van der Waals surface area (Å²) >= 11 is 0. The third-order valence-corrected chi connectivity index (χ3v) is 1.77. The van der Waals surface area contributed by atoms with E-state index in [0.29, 0.717) is 0 Å². The van der Waals surface area contributed by atoms with Crippen LogP contribution in [0, 0.1) is 0 Å². The number of hydrogen-bond acceptors (Lipinski definition) is 3. The molecule has 0 aromatic heterocycles. The minimum atomic E-state index is 0.140. The minimum Gasteiger partial charge on any atom is -0.392 e. The summed E-state index contributed by atoms with van der Waals surface area (Å²) in [5, 5.41) is 8.54. The molecule has 3 heteroatoms. The lowest BCUT2D eigenvalue weighted by atomic mass is 10.2. The van der Waals surface area contributed by atoms with Crippen molar-refractivity contribution in [1.82, 2.24) is 0 Å². The van der Waals surface area contributed by atoms with E-state index in [2.05, 4.69) is 0 Å². The fraction of sp³-hybridized carbons (Fsp3) is 0.455. The van der Waals surface area contributed by atoms with Crippen molar-refractivity contribution in [2.45, 2.75) is 6.61 Å². The molecule has 2 rings (SSSR count). The van der Waals surface area contributed by atoms with Crippen LogP contribution in [-0.4, -0.2) is 31.5 Å². The predicted octanol–water partition coefficient (Wildman–Crippen LogP) is 1.21. The Kier molecular flexibility index (Phi) is 5.99. The highest BCUT2D eigenvalue weighted by molar-refractivity contribution is 5.12. The molecule has 0 aliphatic carbocycles. The van der Waals surface area contributed by atoms with E-state index >= 15 is 0 Å². The molecule has 0 saturated carbocycles. The van der Waals surface area contributed by atoms with Crippen molar-refractivity contribution in [3.05, 3.63) is 35.9 Å². The van der Waals surface area contributed by atoms with Crippen molar-refractivity contribution < 1.29 is 14.6 Å². The summed E-state index contributed by atoms with van der Waals surface area (Å²) in [7, 11) is 0. The first-order chi connectivity index (χ1) is 6.93. The summed E-state index contributed by atoms with van der Waals surface area (Å²) in [5.41, 5.74) is 0.965. The number of aliphatic hydroxyl groups excluding tert-OH is 1. The van der Waals surface area contributed by atoms with Crippen LogP contribution in [0.4, 0.5) is 0 Å². The number of aliphatic hydroxyl groups is 1. The zero-order valence-corrected chi connectivity index (χ0v) is 8.19. The molecule has 0 radical (unpaired) electrons. The first-order valence-corrected chi connectivity index (χ1v) is 4.74. The van der Waals surface area contributed by atoms with Gasteiger partial charge in [0.25, 0.3) is 0 Å². The monoisotopic (exact) mass is 196 g/mol. The molecule has 78 valence electrons. The summed E-state index contributed by atoms with van der Waals surface area (Å²) in [6, 6.07) is 9.52. The molecule has 1 aromatic carbocycles. The van der Waals surface area contributed by atoms with Gasteiger partial charge in [-0.25, -0.2) is 0 Å². The molecule has 1 aliphatic heterocycles. The average Bonchev–Trinajstić information content (AvgIpc) is 2.33. The summed E-state index contributed by atoms with van der Waals surface area (Å²) < 4.78 is 9.89. The first kappa shape index (κ1) is 11.2. The van der Waals surface area contributed by atoms with Gasteiger partial charge in [0.2, 0.25) is 0 Å². The lowest BCUT2D eigenvalue weighted by Crippen LogP contribution is -2.16. The van der Waals surface area contributed by atoms with Crippen LogP contribution in [0.1, 0.15) is 5.56 Å². The molecule has 14 heavy (non-hydrogen) atoms. The molecule has 3 nitrogen and oxygen atoms in total. The van der Waals surface area contributed by atoms with Gasteiger partial charge in [-0.05, 0) is 5.56 Å². The lowest BCUT2D eigenvalue weighted by Gasteiger charge is -2.09. The maximum atomic E-state index is 8.54. The molecular weight excluding hydrogens is 180 g/mol. The molecule has 0 unspecified atom stereocenters. The summed E-state index contributed by atoms with van der Waals surface area (Å²) in [6.45, 7) is 3.25. The van der Waals surface area contributed by atoms with Crippen LogP contribution in [-0.2, 0) is 16.1 Å². The molecule has 1 aliphatic rings. The Hall–Kier alpha value is -0.900. The van der Waals surface area contributed by atoms with Crippen molar-refractivity contribution in [3.8, 4) is 0 Å². The first-order valence-electron chi connectivity index (χ1n) is 4.74.